The number of allylic oxidation sites excluding steroid dienone is 1. The van der Waals surface area contributed by atoms with Crippen LogP contribution in [0.5, 0.6) is 0 Å². The molecule has 1 aliphatic rings. The second kappa shape index (κ2) is 8.59. The van der Waals surface area contributed by atoms with Crippen LogP contribution in [0.15, 0.2) is 11.6 Å². The van der Waals surface area contributed by atoms with Crippen molar-refractivity contribution in [2.75, 3.05) is 19.6 Å². The van der Waals surface area contributed by atoms with Gasteiger partial charge >= 0.3 is 0 Å². The van der Waals surface area contributed by atoms with Crippen LogP contribution in [0.25, 0.3) is 0 Å². The summed E-state index contributed by atoms with van der Waals surface area (Å²) in [7, 11) is 0. The molecule has 0 spiro atoms. The highest BCUT2D eigenvalue weighted by Crippen LogP contribution is 2.10. The standard InChI is InChI=1S/C12H22N2O.ClH/c1-3-4-10(2)12(15)14-9-11-5-7-13-8-6-11;/h4,11,13H,3,5-9H2,1-2H3,(H,14,15);1H. The molecule has 1 aliphatic heterocycles. The molecule has 1 saturated heterocycles. The zero-order valence-electron chi connectivity index (χ0n) is 10.2. The van der Waals surface area contributed by atoms with Crippen molar-refractivity contribution in [3.05, 3.63) is 11.6 Å². The summed E-state index contributed by atoms with van der Waals surface area (Å²) < 4.78 is 0. The highest BCUT2D eigenvalue weighted by molar-refractivity contribution is 5.92. The Morgan fingerprint density at radius 1 is 1.44 bits per heavy atom. The van der Waals surface area contributed by atoms with Gasteiger partial charge in [-0.1, -0.05) is 13.0 Å². The van der Waals surface area contributed by atoms with Gasteiger partial charge in [0.1, 0.15) is 0 Å². The van der Waals surface area contributed by atoms with Gasteiger partial charge in [-0.25, -0.2) is 0 Å². The first kappa shape index (κ1) is 15.5. The first-order chi connectivity index (χ1) is 7.24. The van der Waals surface area contributed by atoms with Crippen LogP contribution in [0, 0.1) is 5.92 Å². The second-order valence-electron chi connectivity index (χ2n) is 4.20. The van der Waals surface area contributed by atoms with Gasteiger partial charge in [0.2, 0.25) is 5.91 Å². The number of nitrogens with one attached hydrogen (secondary N) is 2. The summed E-state index contributed by atoms with van der Waals surface area (Å²) in [6.45, 7) is 6.93. The van der Waals surface area contributed by atoms with Gasteiger partial charge in [-0.15, -0.1) is 12.4 Å². The van der Waals surface area contributed by atoms with E-state index in [4.69, 9.17) is 0 Å². The fourth-order valence-corrected chi connectivity index (χ4v) is 1.86. The lowest BCUT2D eigenvalue weighted by Gasteiger charge is -2.22. The molecule has 0 bridgehead atoms. The van der Waals surface area contributed by atoms with E-state index in [1.807, 2.05) is 19.9 Å². The average Bonchev–Trinajstić information content (AvgIpc) is 2.27. The summed E-state index contributed by atoms with van der Waals surface area (Å²) in [5, 5.41) is 6.32. The van der Waals surface area contributed by atoms with Crippen LogP contribution in [-0.2, 0) is 4.79 Å². The molecule has 0 unspecified atom stereocenters. The van der Waals surface area contributed by atoms with E-state index in [0.29, 0.717) is 5.92 Å². The SMILES string of the molecule is CCC=C(C)C(=O)NCC1CCNCC1.Cl. The smallest absolute Gasteiger partial charge is 0.246 e. The zero-order chi connectivity index (χ0) is 11.1. The highest BCUT2D eigenvalue weighted by Gasteiger charge is 2.13. The van der Waals surface area contributed by atoms with Crippen LogP contribution in [0.3, 0.4) is 0 Å². The van der Waals surface area contributed by atoms with Gasteiger partial charge in [-0.3, -0.25) is 4.79 Å². The Labute approximate surface area is 104 Å². The number of halogens is 1. The van der Waals surface area contributed by atoms with E-state index in [2.05, 4.69) is 10.6 Å². The van der Waals surface area contributed by atoms with E-state index in [-0.39, 0.29) is 18.3 Å². The Morgan fingerprint density at radius 2 is 2.06 bits per heavy atom. The third kappa shape index (κ3) is 5.52. The first-order valence-corrected chi connectivity index (χ1v) is 5.89. The quantitative estimate of drug-likeness (QED) is 0.744. The van der Waals surface area contributed by atoms with Crippen LogP contribution < -0.4 is 10.6 Å². The number of carbonyl (C=O) groups excluding carboxylic acids is 1. The van der Waals surface area contributed by atoms with Gasteiger partial charge in [-0.05, 0) is 45.2 Å². The molecular formula is C12H23ClN2O. The maximum atomic E-state index is 11.6. The van der Waals surface area contributed by atoms with E-state index in [1.165, 1.54) is 12.8 Å². The van der Waals surface area contributed by atoms with Gasteiger partial charge in [-0.2, -0.15) is 0 Å². The number of amides is 1. The molecule has 2 N–H and O–H groups in total. The largest absolute Gasteiger partial charge is 0.352 e. The Morgan fingerprint density at radius 3 is 2.62 bits per heavy atom. The molecule has 0 aromatic rings. The van der Waals surface area contributed by atoms with Crippen molar-refractivity contribution in [1.82, 2.24) is 10.6 Å². The van der Waals surface area contributed by atoms with Crippen LogP contribution in [0.4, 0.5) is 0 Å². The fraction of sp³-hybridized carbons (Fsp3) is 0.750. The molecule has 0 aliphatic carbocycles. The predicted octanol–water partition coefficient (Wildman–Crippen LogP) is 1.88. The highest BCUT2D eigenvalue weighted by atomic mass is 35.5. The maximum absolute atomic E-state index is 11.6. The lowest BCUT2D eigenvalue weighted by Crippen LogP contribution is -2.36. The molecular weight excluding hydrogens is 224 g/mol. The monoisotopic (exact) mass is 246 g/mol. The summed E-state index contributed by atoms with van der Waals surface area (Å²) in [4.78, 5) is 11.6. The molecule has 1 heterocycles. The molecule has 94 valence electrons. The summed E-state index contributed by atoms with van der Waals surface area (Å²) >= 11 is 0. The van der Waals surface area contributed by atoms with Crippen LogP contribution in [0.2, 0.25) is 0 Å². The lowest BCUT2D eigenvalue weighted by molar-refractivity contribution is -0.117. The second-order valence-corrected chi connectivity index (χ2v) is 4.20. The Bertz CT molecular complexity index is 235. The first-order valence-electron chi connectivity index (χ1n) is 5.89. The average molecular weight is 247 g/mol. The van der Waals surface area contributed by atoms with Crippen LogP contribution in [0.1, 0.15) is 33.1 Å². The maximum Gasteiger partial charge on any atom is 0.246 e. The van der Waals surface area contributed by atoms with E-state index < -0.39 is 0 Å². The Balaban J connectivity index is 0.00000225. The van der Waals surface area contributed by atoms with Crippen molar-refractivity contribution in [3.63, 3.8) is 0 Å². The number of hydrogen-bond acceptors (Lipinski definition) is 2. The van der Waals surface area contributed by atoms with Crippen LogP contribution in [-0.4, -0.2) is 25.5 Å². The molecule has 4 heteroatoms. The third-order valence-electron chi connectivity index (χ3n) is 2.88. The van der Waals surface area contributed by atoms with Crippen molar-refractivity contribution in [2.24, 2.45) is 5.92 Å². The zero-order valence-corrected chi connectivity index (χ0v) is 11.0. The topological polar surface area (TPSA) is 41.1 Å². The third-order valence-corrected chi connectivity index (χ3v) is 2.88. The summed E-state index contributed by atoms with van der Waals surface area (Å²) in [6.07, 6.45) is 5.25. The molecule has 1 fully saturated rings. The molecule has 1 rings (SSSR count). The minimum absolute atomic E-state index is 0. The Kier molecular flexibility index (Phi) is 8.30. The summed E-state index contributed by atoms with van der Waals surface area (Å²) in [5.74, 6) is 0.750. The summed E-state index contributed by atoms with van der Waals surface area (Å²) in [5.41, 5.74) is 0.839. The van der Waals surface area contributed by atoms with E-state index in [0.717, 1.165) is 31.6 Å². The van der Waals surface area contributed by atoms with Crippen molar-refractivity contribution in [2.45, 2.75) is 33.1 Å². The van der Waals surface area contributed by atoms with Crippen molar-refractivity contribution >= 4 is 18.3 Å². The van der Waals surface area contributed by atoms with E-state index in [1.54, 1.807) is 0 Å². The number of hydrogen-bond donors (Lipinski definition) is 2. The fourth-order valence-electron chi connectivity index (χ4n) is 1.86. The molecule has 0 saturated carbocycles. The summed E-state index contributed by atoms with van der Waals surface area (Å²) in [6, 6.07) is 0. The molecule has 1 amide bonds. The van der Waals surface area contributed by atoms with E-state index in [9.17, 15) is 4.79 Å². The normalized spacial score (nSPS) is 17.8. The van der Waals surface area contributed by atoms with Gasteiger partial charge in [0.15, 0.2) is 0 Å². The molecule has 0 atom stereocenters. The number of carbonyl (C=O) groups is 1. The van der Waals surface area contributed by atoms with Crippen molar-refractivity contribution in [3.8, 4) is 0 Å². The number of rotatable bonds is 4. The van der Waals surface area contributed by atoms with Crippen LogP contribution >= 0.6 is 12.4 Å². The van der Waals surface area contributed by atoms with Gasteiger partial charge < -0.3 is 10.6 Å². The minimum atomic E-state index is 0. The Hall–Kier alpha value is -0.540. The van der Waals surface area contributed by atoms with Crippen molar-refractivity contribution in [1.29, 1.82) is 0 Å². The van der Waals surface area contributed by atoms with Crippen molar-refractivity contribution < 1.29 is 4.79 Å². The predicted molar refractivity (Wildman–Crippen MR) is 69.9 cm³/mol. The molecule has 16 heavy (non-hydrogen) atoms. The molecule has 0 aromatic carbocycles. The molecule has 3 nitrogen and oxygen atoms in total. The minimum Gasteiger partial charge on any atom is -0.352 e. The lowest BCUT2D eigenvalue weighted by atomic mass is 9.98. The van der Waals surface area contributed by atoms with Gasteiger partial charge in [0, 0.05) is 12.1 Å². The van der Waals surface area contributed by atoms with E-state index >= 15 is 0 Å². The number of piperidine rings is 1. The van der Waals surface area contributed by atoms with Gasteiger partial charge in [0.25, 0.3) is 0 Å². The molecule has 0 radical (unpaired) electrons. The van der Waals surface area contributed by atoms with Gasteiger partial charge in [0.05, 0.1) is 0 Å². The molecule has 0 aromatic heterocycles.